The van der Waals surface area contributed by atoms with Gasteiger partial charge in [0.05, 0.1) is 16.6 Å². The van der Waals surface area contributed by atoms with Crippen molar-refractivity contribution in [3.63, 3.8) is 0 Å². The second kappa shape index (κ2) is 7.38. The standard InChI is InChI=1S/C22H20N2O4/c25-14-7-5-6-13(12-14)20(22(27)28)24-21(26)19-15-8-1-3-10-17(15)23-18-11-4-2-9-16(18)19/h1-4,8-11,13,20H,5-7,12H2,(H,24,26)(H,27,28)/t13-,20-/m0/s1. The first-order valence-corrected chi connectivity index (χ1v) is 9.37. The van der Waals surface area contributed by atoms with Crippen LogP contribution in [0, 0.1) is 5.92 Å². The molecule has 0 bridgehead atoms. The Kier molecular flexibility index (Phi) is 4.77. The molecule has 0 radical (unpaired) electrons. The van der Waals surface area contributed by atoms with E-state index in [2.05, 4.69) is 10.3 Å². The number of nitrogens with zero attached hydrogens (tertiary/aromatic N) is 1. The van der Waals surface area contributed by atoms with Gasteiger partial charge in [-0.15, -0.1) is 0 Å². The quantitative estimate of drug-likeness (QED) is 0.681. The van der Waals surface area contributed by atoms with Gasteiger partial charge in [-0.1, -0.05) is 36.4 Å². The average molecular weight is 376 g/mol. The molecular weight excluding hydrogens is 356 g/mol. The largest absolute Gasteiger partial charge is 0.480 e. The molecule has 1 saturated carbocycles. The van der Waals surface area contributed by atoms with Crippen LogP contribution in [0.5, 0.6) is 0 Å². The number of carboxylic acid groups (broad SMARTS) is 1. The van der Waals surface area contributed by atoms with E-state index in [9.17, 15) is 19.5 Å². The Morgan fingerprint density at radius 2 is 1.64 bits per heavy atom. The van der Waals surface area contributed by atoms with Crippen LogP contribution in [0.3, 0.4) is 0 Å². The van der Waals surface area contributed by atoms with Gasteiger partial charge in [0.1, 0.15) is 11.8 Å². The Hall–Kier alpha value is -3.28. The van der Waals surface area contributed by atoms with E-state index < -0.39 is 17.9 Å². The second-order valence-corrected chi connectivity index (χ2v) is 7.21. The van der Waals surface area contributed by atoms with Gasteiger partial charge in [0.25, 0.3) is 5.91 Å². The van der Waals surface area contributed by atoms with Crippen LogP contribution in [0.4, 0.5) is 0 Å². The van der Waals surface area contributed by atoms with E-state index in [0.717, 1.165) is 0 Å². The van der Waals surface area contributed by atoms with Gasteiger partial charge in [0.15, 0.2) is 0 Å². The summed E-state index contributed by atoms with van der Waals surface area (Å²) in [6.45, 7) is 0. The number of amides is 1. The molecule has 0 spiro atoms. The Morgan fingerprint density at radius 3 is 2.21 bits per heavy atom. The molecule has 6 nitrogen and oxygen atoms in total. The molecule has 142 valence electrons. The lowest BCUT2D eigenvalue weighted by Crippen LogP contribution is -2.47. The lowest BCUT2D eigenvalue weighted by molar-refractivity contribution is -0.141. The Morgan fingerprint density at radius 1 is 1.04 bits per heavy atom. The molecule has 28 heavy (non-hydrogen) atoms. The molecule has 1 aromatic heterocycles. The van der Waals surface area contributed by atoms with Crippen molar-refractivity contribution in [1.82, 2.24) is 10.3 Å². The minimum atomic E-state index is -1.12. The van der Waals surface area contributed by atoms with Crippen molar-refractivity contribution in [2.45, 2.75) is 31.7 Å². The highest BCUT2D eigenvalue weighted by atomic mass is 16.4. The molecular formula is C22H20N2O4. The highest BCUT2D eigenvalue weighted by Gasteiger charge is 2.34. The molecule has 2 N–H and O–H groups in total. The molecule has 0 saturated heterocycles. The topological polar surface area (TPSA) is 96.4 Å². The number of carboxylic acids is 1. The smallest absolute Gasteiger partial charge is 0.326 e. The van der Waals surface area contributed by atoms with Crippen LogP contribution in [-0.2, 0) is 9.59 Å². The van der Waals surface area contributed by atoms with Crippen LogP contribution in [0.2, 0.25) is 0 Å². The van der Waals surface area contributed by atoms with Crippen LogP contribution < -0.4 is 5.32 Å². The fraction of sp³-hybridized carbons (Fsp3) is 0.273. The molecule has 1 fully saturated rings. The van der Waals surface area contributed by atoms with Gasteiger partial charge in [-0.2, -0.15) is 0 Å². The van der Waals surface area contributed by atoms with E-state index in [1.807, 2.05) is 48.5 Å². The average Bonchev–Trinajstić information content (AvgIpc) is 2.69. The molecule has 1 amide bonds. The van der Waals surface area contributed by atoms with Crippen molar-refractivity contribution < 1.29 is 19.5 Å². The Labute approximate surface area is 161 Å². The van der Waals surface area contributed by atoms with Crippen molar-refractivity contribution in [3.8, 4) is 0 Å². The molecule has 3 aromatic rings. The lowest BCUT2D eigenvalue weighted by atomic mass is 9.83. The number of benzene rings is 2. The molecule has 2 aromatic carbocycles. The van der Waals surface area contributed by atoms with E-state index in [1.165, 1.54) is 0 Å². The van der Waals surface area contributed by atoms with E-state index >= 15 is 0 Å². The fourth-order valence-electron chi connectivity index (χ4n) is 4.02. The van der Waals surface area contributed by atoms with Gasteiger partial charge in [-0.25, -0.2) is 9.78 Å². The number of pyridine rings is 1. The number of aromatic nitrogens is 1. The van der Waals surface area contributed by atoms with Gasteiger partial charge in [-0.3, -0.25) is 9.59 Å². The van der Waals surface area contributed by atoms with Crippen LogP contribution in [0.1, 0.15) is 36.0 Å². The van der Waals surface area contributed by atoms with Crippen molar-refractivity contribution in [3.05, 3.63) is 54.1 Å². The molecule has 0 unspecified atom stereocenters. The number of aliphatic carboxylic acids is 1. The van der Waals surface area contributed by atoms with Crippen molar-refractivity contribution in [1.29, 1.82) is 0 Å². The van der Waals surface area contributed by atoms with E-state index in [-0.39, 0.29) is 18.1 Å². The Balaban J connectivity index is 1.76. The third kappa shape index (κ3) is 3.33. The van der Waals surface area contributed by atoms with Crippen molar-refractivity contribution in [2.24, 2.45) is 5.92 Å². The van der Waals surface area contributed by atoms with Gasteiger partial charge in [0.2, 0.25) is 0 Å². The molecule has 1 heterocycles. The maximum absolute atomic E-state index is 13.2. The maximum atomic E-state index is 13.2. The molecule has 4 rings (SSSR count). The van der Waals surface area contributed by atoms with Crippen molar-refractivity contribution in [2.75, 3.05) is 0 Å². The number of fused-ring (bicyclic) bond motifs is 2. The maximum Gasteiger partial charge on any atom is 0.326 e. The summed E-state index contributed by atoms with van der Waals surface area (Å²) in [7, 11) is 0. The summed E-state index contributed by atoms with van der Waals surface area (Å²) in [6.07, 6.45) is 1.94. The zero-order valence-corrected chi connectivity index (χ0v) is 15.2. The van der Waals surface area contributed by atoms with Gasteiger partial charge in [0, 0.05) is 23.6 Å². The van der Waals surface area contributed by atoms with Gasteiger partial charge < -0.3 is 10.4 Å². The number of rotatable bonds is 4. The number of para-hydroxylation sites is 2. The molecule has 0 aliphatic heterocycles. The van der Waals surface area contributed by atoms with Crippen LogP contribution in [0.15, 0.2) is 48.5 Å². The normalized spacial score (nSPS) is 18.1. The van der Waals surface area contributed by atoms with Crippen LogP contribution in [0.25, 0.3) is 21.8 Å². The first kappa shape index (κ1) is 18.1. The minimum absolute atomic E-state index is 0.0524. The predicted octanol–water partition coefficient (Wildman–Crippen LogP) is 3.33. The summed E-state index contributed by atoms with van der Waals surface area (Å²) in [5, 5.41) is 13.7. The summed E-state index contributed by atoms with van der Waals surface area (Å²) >= 11 is 0. The number of Topliss-reactive ketones (excluding diaryl/α,β-unsaturated/α-hetero) is 1. The SMILES string of the molecule is O=C1CCC[C@H]([C@H](NC(=O)c2c3ccccc3nc3ccccc23)C(=O)O)C1. The van der Waals surface area contributed by atoms with E-state index in [4.69, 9.17) is 0 Å². The van der Waals surface area contributed by atoms with E-state index in [0.29, 0.717) is 46.6 Å². The summed E-state index contributed by atoms with van der Waals surface area (Å²) in [5.41, 5.74) is 1.76. The summed E-state index contributed by atoms with van der Waals surface area (Å²) in [5.74, 6) is -1.91. The molecule has 1 aliphatic carbocycles. The number of ketones is 1. The zero-order chi connectivity index (χ0) is 19.7. The fourth-order valence-corrected chi connectivity index (χ4v) is 4.02. The number of carbonyl (C=O) groups excluding carboxylic acids is 2. The number of nitrogens with one attached hydrogen (secondary N) is 1. The highest BCUT2D eigenvalue weighted by Crippen LogP contribution is 2.28. The monoisotopic (exact) mass is 376 g/mol. The van der Waals surface area contributed by atoms with Crippen LogP contribution in [-0.4, -0.2) is 33.8 Å². The zero-order valence-electron chi connectivity index (χ0n) is 15.2. The third-order valence-corrected chi connectivity index (χ3v) is 5.36. The summed E-state index contributed by atoms with van der Waals surface area (Å²) in [4.78, 5) is 41.5. The molecule has 6 heteroatoms. The lowest BCUT2D eigenvalue weighted by Gasteiger charge is -2.27. The first-order chi connectivity index (χ1) is 13.5. The summed E-state index contributed by atoms with van der Waals surface area (Å²) < 4.78 is 0. The molecule has 2 atom stereocenters. The number of carbonyl (C=O) groups is 3. The number of hydrogen-bond acceptors (Lipinski definition) is 4. The van der Waals surface area contributed by atoms with Crippen molar-refractivity contribution >= 4 is 39.5 Å². The highest BCUT2D eigenvalue weighted by molar-refractivity contribution is 6.16. The van der Waals surface area contributed by atoms with Gasteiger partial charge in [-0.05, 0) is 30.9 Å². The first-order valence-electron chi connectivity index (χ1n) is 9.37. The molecule has 1 aliphatic rings. The minimum Gasteiger partial charge on any atom is -0.480 e. The predicted molar refractivity (Wildman–Crippen MR) is 105 cm³/mol. The number of hydrogen-bond donors (Lipinski definition) is 2. The van der Waals surface area contributed by atoms with Crippen LogP contribution >= 0.6 is 0 Å². The second-order valence-electron chi connectivity index (χ2n) is 7.21. The third-order valence-electron chi connectivity index (χ3n) is 5.36. The summed E-state index contributed by atoms with van der Waals surface area (Å²) in [6, 6.07) is 13.5. The Bertz CT molecular complexity index is 1040. The van der Waals surface area contributed by atoms with Gasteiger partial charge >= 0.3 is 5.97 Å². The van der Waals surface area contributed by atoms with E-state index in [1.54, 1.807) is 0 Å².